The van der Waals surface area contributed by atoms with Crippen LogP contribution in [0.4, 0.5) is 5.69 Å². The van der Waals surface area contributed by atoms with Crippen LogP contribution in [0.5, 0.6) is 5.75 Å². The Balaban J connectivity index is 1.98. The third kappa shape index (κ3) is 5.80. The van der Waals surface area contributed by atoms with Gasteiger partial charge in [-0.2, -0.15) is 0 Å². The summed E-state index contributed by atoms with van der Waals surface area (Å²) in [6, 6.07) is 10.8. The van der Waals surface area contributed by atoms with E-state index in [1.165, 1.54) is 55.5 Å². The Bertz CT molecular complexity index is 937. The fourth-order valence-corrected chi connectivity index (χ4v) is 3.47. The van der Waals surface area contributed by atoms with Crippen LogP contribution in [-0.2, 0) is 19.6 Å². The second-order valence-corrected chi connectivity index (χ2v) is 8.10. The first-order chi connectivity index (χ1) is 13.1. The van der Waals surface area contributed by atoms with E-state index in [1.54, 1.807) is 13.8 Å². The summed E-state index contributed by atoms with van der Waals surface area (Å²) < 4.78 is 31.7. The zero-order valence-corrected chi connectivity index (χ0v) is 16.5. The van der Waals surface area contributed by atoms with Crippen molar-refractivity contribution in [3.63, 3.8) is 0 Å². The average Bonchev–Trinajstić information content (AvgIpc) is 2.61. The molecule has 1 atom stereocenters. The molecule has 0 saturated heterocycles. The third-order valence-electron chi connectivity index (χ3n) is 3.58. The third-order valence-corrected chi connectivity index (χ3v) is 5.25. The molecule has 2 aromatic rings. The molecule has 0 aromatic heterocycles. The Morgan fingerprint density at radius 1 is 0.964 bits per heavy atom. The van der Waals surface area contributed by atoms with Gasteiger partial charge in [0.1, 0.15) is 5.75 Å². The molecule has 0 aliphatic rings. The number of nitrogens with one attached hydrogen (secondary N) is 2. The average molecular weight is 406 g/mol. The van der Waals surface area contributed by atoms with Crippen LogP contribution >= 0.6 is 0 Å². The molecule has 0 aliphatic heterocycles. The summed E-state index contributed by atoms with van der Waals surface area (Å²) in [4.78, 5) is 24.3. The first-order valence-electron chi connectivity index (χ1n) is 8.52. The number of sulfonamides is 1. The molecule has 150 valence electrons. The standard InChI is InChI=1S/C19H22N2O6S/c1-12(2)21-28(25,26)17-10-6-15(7-11-17)20-18(23)13(3)27-19(24)14-4-8-16(22)9-5-14/h4-13,21-22H,1-3H3,(H,20,23)/t13-/m0/s1. The van der Waals surface area contributed by atoms with E-state index in [0.717, 1.165) is 0 Å². The van der Waals surface area contributed by atoms with Gasteiger partial charge in [-0.3, -0.25) is 4.79 Å². The fourth-order valence-electron chi connectivity index (χ4n) is 2.22. The van der Waals surface area contributed by atoms with Gasteiger partial charge < -0.3 is 15.2 Å². The van der Waals surface area contributed by atoms with E-state index < -0.39 is 28.0 Å². The minimum Gasteiger partial charge on any atom is -0.508 e. The molecule has 9 heteroatoms. The van der Waals surface area contributed by atoms with E-state index in [0.29, 0.717) is 5.69 Å². The lowest BCUT2D eigenvalue weighted by Crippen LogP contribution is -2.30. The molecule has 0 fully saturated rings. The van der Waals surface area contributed by atoms with Crippen molar-refractivity contribution in [2.45, 2.75) is 37.8 Å². The molecule has 0 saturated carbocycles. The van der Waals surface area contributed by atoms with Crippen molar-refractivity contribution in [2.24, 2.45) is 0 Å². The van der Waals surface area contributed by atoms with Crippen LogP contribution in [0, 0.1) is 0 Å². The van der Waals surface area contributed by atoms with Gasteiger partial charge in [-0.05, 0) is 69.3 Å². The molecular formula is C19H22N2O6S. The first kappa shape index (κ1) is 21.4. The predicted octanol–water partition coefficient (Wildman–Crippen LogP) is 2.26. The lowest BCUT2D eigenvalue weighted by Gasteiger charge is -2.14. The quantitative estimate of drug-likeness (QED) is 0.607. The summed E-state index contributed by atoms with van der Waals surface area (Å²) >= 11 is 0. The number of phenolic OH excluding ortho intramolecular Hbond substituents is 1. The van der Waals surface area contributed by atoms with Crippen LogP contribution < -0.4 is 10.0 Å². The lowest BCUT2D eigenvalue weighted by atomic mass is 10.2. The van der Waals surface area contributed by atoms with Gasteiger partial charge in [0.05, 0.1) is 10.5 Å². The van der Waals surface area contributed by atoms with Gasteiger partial charge in [0.25, 0.3) is 5.91 Å². The van der Waals surface area contributed by atoms with E-state index >= 15 is 0 Å². The Morgan fingerprint density at radius 3 is 2.07 bits per heavy atom. The number of rotatable bonds is 7. The minimum absolute atomic E-state index is 0.0106. The van der Waals surface area contributed by atoms with Crippen molar-refractivity contribution in [1.82, 2.24) is 4.72 Å². The molecule has 2 rings (SSSR count). The number of anilines is 1. The smallest absolute Gasteiger partial charge is 0.338 e. The number of phenols is 1. The number of carbonyl (C=O) groups excluding carboxylic acids is 2. The van der Waals surface area contributed by atoms with Crippen molar-refractivity contribution >= 4 is 27.6 Å². The zero-order chi connectivity index (χ0) is 20.9. The SMILES string of the molecule is CC(C)NS(=O)(=O)c1ccc(NC(=O)[C@H](C)OC(=O)c2ccc(O)cc2)cc1. The summed E-state index contributed by atoms with van der Waals surface area (Å²) in [5.74, 6) is -1.26. The molecule has 0 radical (unpaired) electrons. The summed E-state index contributed by atoms with van der Waals surface area (Å²) in [5.41, 5.74) is 0.561. The van der Waals surface area contributed by atoms with Crippen molar-refractivity contribution in [3.8, 4) is 5.75 Å². The number of ether oxygens (including phenoxy) is 1. The zero-order valence-electron chi connectivity index (χ0n) is 15.7. The Morgan fingerprint density at radius 2 is 1.54 bits per heavy atom. The highest BCUT2D eigenvalue weighted by molar-refractivity contribution is 7.89. The number of carbonyl (C=O) groups is 2. The summed E-state index contributed by atoms with van der Waals surface area (Å²) in [7, 11) is -3.62. The second kappa shape index (κ2) is 8.85. The Labute approximate surface area is 163 Å². The highest BCUT2D eigenvalue weighted by Crippen LogP contribution is 2.16. The maximum absolute atomic E-state index is 12.2. The second-order valence-electron chi connectivity index (χ2n) is 6.38. The summed E-state index contributed by atoms with van der Waals surface area (Å²) in [5, 5.41) is 11.8. The van der Waals surface area contributed by atoms with E-state index in [9.17, 15) is 23.1 Å². The minimum atomic E-state index is -3.62. The van der Waals surface area contributed by atoms with Crippen LogP contribution in [0.25, 0.3) is 0 Å². The van der Waals surface area contributed by atoms with E-state index in [1.807, 2.05) is 0 Å². The molecule has 0 unspecified atom stereocenters. The molecule has 0 heterocycles. The molecular weight excluding hydrogens is 384 g/mol. The number of hydrogen-bond acceptors (Lipinski definition) is 6. The van der Waals surface area contributed by atoms with Crippen molar-refractivity contribution in [1.29, 1.82) is 0 Å². The Hall–Kier alpha value is -2.91. The fraction of sp³-hybridized carbons (Fsp3) is 0.263. The molecule has 8 nitrogen and oxygen atoms in total. The highest BCUT2D eigenvalue weighted by Gasteiger charge is 2.20. The van der Waals surface area contributed by atoms with Gasteiger partial charge in [0.2, 0.25) is 10.0 Å². The number of hydrogen-bond donors (Lipinski definition) is 3. The molecule has 0 bridgehead atoms. The number of benzene rings is 2. The molecule has 1 amide bonds. The van der Waals surface area contributed by atoms with E-state index in [4.69, 9.17) is 4.74 Å². The number of esters is 1. The highest BCUT2D eigenvalue weighted by atomic mass is 32.2. The van der Waals surface area contributed by atoms with E-state index in [-0.39, 0.29) is 22.3 Å². The molecule has 0 spiro atoms. The van der Waals surface area contributed by atoms with Crippen molar-refractivity contribution in [2.75, 3.05) is 5.32 Å². The maximum atomic E-state index is 12.2. The van der Waals surface area contributed by atoms with Crippen molar-refractivity contribution < 1.29 is 27.9 Å². The molecule has 3 N–H and O–H groups in total. The van der Waals surface area contributed by atoms with Crippen LogP contribution in [0.15, 0.2) is 53.4 Å². The van der Waals surface area contributed by atoms with Crippen LogP contribution in [0.3, 0.4) is 0 Å². The predicted molar refractivity (Wildman–Crippen MR) is 104 cm³/mol. The largest absolute Gasteiger partial charge is 0.508 e. The van der Waals surface area contributed by atoms with Crippen molar-refractivity contribution in [3.05, 3.63) is 54.1 Å². The van der Waals surface area contributed by atoms with Gasteiger partial charge >= 0.3 is 5.97 Å². The molecule has 2 aromatic carbocycles. The normalized spacial score (nSPS) is 12.4. The van der Waals surface area contributed by atoms with Crippen LogP contribution in [0.2, 0.25) is 0 Å². The van der Waals surface area contributed by atoms with Crippen LogP contribution in [0.1, 0.15) is 31.1 Å². The molecule has 28 heavy (non-hydrogen) atoms. The van der Waals surface area contributed by atoms with Gasteiger partial charge in [-0.1, -0.05) is 0 Å². The van der Waals surface area contributed by atoms with Crippen LogP contribution in [-0.4, -0.2) is 37.5 Å². The number of aromatic hydroxyl groups is 1. The topological polar surface area (TPSA) is 122 Å². The lowest BCUT2D eigenvalue weighted by molar-refractivity contribution is -0.123. The summed E-state index contributed by atoms with van der Waals surface area (Å²) in [6.45, 7) is 4.85. The first-order valence-corrected chi connectivity index (χ1v) is 10.00. The van der Waals surface area contributed by atoms with Gasteiger partial charge in [-0.25, -0.2) is 17.9 Å². The summed E-state index contributed by atoms with van der Waals surface area (Å²) in [6.07, 6.45) is -1.08. The maximum Gasteiger partial charge on any atom is 0.338 e. The monoisotopic (exact) mass is 406 g/mol. The van der Waals surface area contributed by atoms with E-state index in [2.05, 4.69) is 10.0 Å². The van der Waals surface area contributed by atoms with Gasteiger partial charge in [0, 0.05) is 11.7 Å². The van der Waals surface area contributed by atoms with Gasteiger partial charge in [-0.15, -0.1) is 0 Å². The molecule has 0 aliphatic carbocycles. The Kier molecular flexibility index (Phi) is 6.76. The number of amides is 1. The van der Waals surface area contributed by atoms with Gasteiger partial charge in [0.15, 0.2) is 6.10 Å².